The van der Waals surface area contributed by atoms with Gasteiger partial charge in [-0.1, -0.05) is 25.4 Å². The largest absolute Gasteiger partial charge is 0.491 e. The average Bonchev–Trinajstić information content (AvgIpc) is 2.91. The van der Waals surface area contributed by atoms with Gasteiger partial charge in [0.25, 0.3) is 0 Å². The number of hydrogen-bond donors (Lipinski definition) is 2. The van der Waals surface area contributed by atoms with E-state index in [-0.39, 0.29) is 28.2 Å². The zero-order chi connectivity index (χ0) is 31.5. The molecule has 1 aromatic carbocycles. The Balaban J connectivity index is 1.94. The van der Waals surface area contributed by atoms with E-state index in [9.17, 15) is 9.90 Å². The predicted octanol–water partition coefficient (Wildman–Crippen LogP) is 6.77. The molecule has 0 unspecified atom stereocenters. The number of aliphatic carboxylic acids is 1. The third kappa shape index (κ3) is 8.15. The summed E-state index contributed by atoms with van der Waals surface area (Å²) in [6.45, 7) is 13.2. The summed E-state index contributed by atoms with van der Waals surface area (Å²) in [6, 6.07) is 2.41. The normalized spacial score (nSPS) is 18.5. The number of piperidine rings is 1. The number of carboxylic acids is 1. The second kappa shape index (κ2) is 13.6. The van der Waals surface area contributed by atoms with E-state index in [0.717, 1.165) is 25.7 Å². The SMILES string of the molecule is COc1c(F)cc(-c2c(CNCC3CCOCC3)nc(Cl)c([C@H](OC(C)(C)C)C(=O)O)c2N2CCC(C)(C)CC2)cc1F. The number of carboxylic acid groups (broad SMARTS) is 1. The highest BCUT2D eigenvalue weighted by atomic mass is 35.5. The van der Waals surface area contributed by atoms with E-state index in [1.807, 2.05) is 0 Å². The summed E-state index contributed by atoms with van der Waals surface area (Å²) in [5.74, 6) is -3.06. The summed E-state index contributed by atoms with van der Waals surface area (Å²) in [5, 5.41) is 13.8. The molecule has 0 radical (unpaired) electrons. The van der Waals surface area contributed by atoms with Crippen LogP contribution in [0.2, 0.25) is 5.15 Å². The van der Waals surface area contributed by atoms with Crippen molar-refractivity contribution < 1.29 is 32.9 Å². The number of carbonyl (C=O) groups is 1. The number of halogens is 3. The molecule has 2 aliphatic rings. The highest BCUT2D eigenvalue weighted by molar-refractivity contribution is 6.31. The maximum Gasteiger partial charge on any atom is 0.337 e. The van der Waals surface area contributed by atoms with Crippen LogP contribution in [-0.2, 0) is 20.8 Å². The standard InChI is InChI=1S/C32H44ClF2N3O5/c1-31(2,3)43-28(30(39)40)25-26(38-11-9-32(4,5)10-12-38)24(20-15-21(34)27(41-6)22(35)16-20)23(37-29(25)33)18-36-17-19-7-13-42-14-8-19/h15-16,19,28,36H,7-14,17-18H2,1-6H3,(H,39,40)/t28-/m0/s1. The maximum atomic E-state index is 15.2. The van der Waals surface area contributed by atoms with E-state index in [2.05, 4.69) is 29.0 Å². The fourth-order valence-corrected chi connectivity index (χ4v) is 6.05. The topological polar surface area (TPSA) is 93.2 Å². The lowest BCUT2D eigenvalue weighted by Crippen LogP contribution is -2.39. The summed E-state index contributed by atoms with van der Waals surface area (Å²) in [7, 11) is 1.21. The van der Waals surface area contributed by atoms with Crippen LogP contribution >= 0.6 is 11.6 Å². The minimum atomic E-state index is -1.47. The van der Waals surface area contributed by atoms with Gasteiger partial charge in [-0.05, 0) is 82.0 Å². The zero-order valence-corrected chi connectivity index (χ0v) is 26.7. The van der Waals surface area contributed by atoms with Gasteiger partial charge in [0, 0.05) is 38.4 Å². The summed E-state index contributed by atoms with van der Waals surface area (Å²) >= 11 is 6.88. The van der Waals surface area contributed by atoms with E-state index in [0.29, 0.717) is 55.7 Å². The van der Waals surface area contributed by atoms with Crippen molar-refractivity contribution in [2.24, 2.45) is 11.3 Å². The van der Waals surface area contributed by atoms with Crippen molar-refractivity contribution in [3.05, 3.63) is 40.2 Å². The molecule has 0 aliphatic carbocycles. The van der Waals surface area contributed by atoms with Gasteiger partial charge in [-0.2, -0.15) is 0 Å². The Bertz CT molecular complexity index is 1280. The lowest BCUT2D eigenvalue weighted by Gasteiger charge is -2.41. The van der Waals surface area contributed by atoms with Crippen molar-refractivity contribution in [1.82, 2.24) is 10.3 Å². The fourth-order valence-electron chi connectivity index (χ4n) is 5.76. The molecule has 2 saturated heterocycles. The van der Waals surface area contributed by atoms with Crippen molar-refractivity contribution in [1.29, 1.82) is 0 Å². The molecule has 0 saturated carbocycles. The predicted molar refractivity (Wildman–Crippen MR) is 163 cm³/mol. The Kier molecular flexibility index (Phi) is 10.6. The first kappa shape index (κ1) is 33.4. The van der Waals surface area contributed by atoms with Crippen molar-refractivity contribution in [2.45, 2.75) is 78.6 Å². The van der Waals surface area contributed by atoms with Gasteiger partial charge >= 0.3 is 5.97 Å². The van der Waals surface area contributed by atoms with Crippen LogP contribution in [0.3, 0.4) is 0 Å². The molecule has 0 amide bonds. The molecule has 0 bridgehead atoms. The number of anilines is 1. The van der Waals surface area contributed by atoms with Crippen LogP contribution in [0.15, 0.2) is 12.1 Å². The van der Waals surface area contributed by atoms with Crippen LogP contribution in [0.25, 0.3) is 11.1 Å². The first-order chi connectivity index (χ1) is 20.2. The average molecular weight is 624 g/mol. The molecule has 3 heterocycles. The molecule has 0 spiro atoms. The lowest BCUT2D eigenvalue weighted by molar-refractivity contribution is -0.160. The number of pyridine rings is 1. The maximum absolute atomic E-state index is 15.2. The second-order valence-corrected chi connectivity index (χ2v) is 13.6. The third-order valence-corrected chi connectivity index (χ3v) is 8.47. The number of benzene rings is 1. The highest BCUT2D eigenvalue weighted by Crippen LogP contribution is 2.47. The Morgan fingerprint density at radius 2 is 1.81 bits per heavy atom. The number of rotatable bonds is 10. The Morgan fingerprint density at radius 3 is 2.35 bits per heavy atom. The van der Waals surface area contributed by atoms with Crippen LogP contribution in [0, 0.1) is 23.0 Å². The summed E-state index contributed by atoms with van der Waals surface area (Å²) in [5.41, 5.74) is 0.975. The molecule has 238 valence electrons. The van der Waals surface area contributed by atoms with Gasteiger partial charge in [-0.25, -0.2) is 18.6 Å². The Labute approximate surface area is 258 Å². The number of hydrogen-bond acceptors (Lipinski definition) is 7. The van der Waals surface area contributed by atoms with Crippen molar-refractivity contribution in [2.75, 3.05) is 44.9 Å². The van der Waals surface area contributed by atoms with Crippen LogP contribution < -0.4 is 15.0 Å². The van der Waals surface area contributed by atoms with Gasteiger partial charge in [-0.3, -0.25) is 0 Å². The van der Waals surface area contributed by atoms with Gasteiger partial charge in [0.15, 0.2) is 23.5 Å². The van der Waals surface area contributed by atoms with Crippen LogP contribution in [0.4, 0.5) is 14.5 Å². The van der Waals surface area contributed by atoms with Crippen LogP contribution in [-0.4, -0.2) is 61.6 Å². The smallest absolute Gasteiger partial charge is 0.337 e. The van der Waals surface area contributed by atoms with Gasteiger partial charge in [-0.15, -0.1) is 0 Å². The number of ether oxygens (including phenoxy) is 3. The summed E-state index contributed by atoms with van der Waals surface area (Å²) < 4.78 is 46.9. The van der Waals surface area contributed by atoms with E-state index in [1.165, 1.54) is 19.2 Å². The van der Waals surface area contributed by atoms with E-state index in [4.69, 9.17) is 25.8 Å². The zero-order valence-electron chi connectivity index (χ0n) is 26.0. The summed E-state index contributed by atoms with van der Waals surface area (Å²) in [4.78, 5) is 19.5. The molecule has 11 heteroatoms. The number of nitrogens with one attached hydrogen (secondary N) is 1. The van der Waals surface area contributed by atoms with Crippen molar-refractivity contribution in [3.63, 3.8) is 0 Å². The molecular weight excluding hydrogens is 580 g/mol. The number of methoxy groups -OCH3 is 1. The molecule has 4 rings (SSSR count). The molecule has 2 aromatic rings. The second-order valence-electron chi connectivity index (χ2n) is 13.2. The molecular formula is C32H44ClF2N3O5. The van der Waals surface area contributed by atoms with Crippen molar-refractivity contribution in [3.8, 4) is 16.9 Å². The molecule has 8 nitrogen and oxygen atoms in total. The molecule has 1 aromatic heterocycles. The Hall–Kier alpha value is -2.53. The van der Waals surface area contributed by atoms with Gasteiger partial charge < -0.3 is 29.5 Å². The minimum absolute atomic E-state index is 0.0162. The summed E-state index contributed by atoms with van der Waals surface area (Å²) in [6.07, 6.45) is 2.04. The molecule has 2 aliphatic heterocycles. The van der Waals surface area contributed by atoms with Gasteiger partial charge in [0.1, 0.15) is 5.15 Å². The Morgan fingerprint density at radius 1 is 1.21 bits per heavy atom. The van der Waals surface area contributed by atoms with E-state index in [1.54, 1.807) is 20.8 Å². The molecule has 1 atom stereocenters. The molecule has 2 fully saturated rings. The van der Waals surface area contributed by atoms with Gasteiger partial charge in [0.05, 0.1) is 29.7 Å². The van der Waals surface area contributed by atoms with Crippen LogP contribution in [0.1, 0.15) is 77.7 Å². The first-order valence-corrected chi connectivity index (χ1v) is 15.3. The third-order valence-electron chi connectivity index (χ3n) is 8.18. The molecule has 43 heavy (non-hydrogen) atoms. The highest BCUT2D eigenvalue weighted by Gasteiger charge is 2.38. The van der Waals surface area contributed by atoms with Crippen molar-refractivity contribution >= 4 is 23.3 Å². The number of nitrogens with zero attached hydrogens (tertiary/aromatic N) is 2. The van der Waals surface area contributed by atoms with E-state index >= 15 is 8.78 Å². The quantitative estimate of drug-likeness (QED) is 0.280. The first-order valence-electron chi connectivity index (χ1n) is 14.9. The monoisotopic (exact) mass is 623 g/mol. The van der Waals surface area contributed by atoms with Crippen LogP contribution in [0.5, 0.6) is 5.75 Å². The molecule has 2 N–H and O–H groups in total. The minimum Gasteiger partial charge on any atom is -0.491 e. The fraction of sp³-hybridized carbons (Fsp3) is 0.625. The van der Waals surface area contributed by atoms with E-state index < -0.39 is 35.1 Å². The number of aromatic nitrogens is 1. The lowest BCUT2D eigenvalue weighted by atomic mass is 9.82. The van der Waals surface area contributed by atoms with Gasteiger partial charge in [0.2, 0.25) is 0 Å².